The summed E-state index contributed by atoms with van der Waals surface area (Å²) < 4.78 is 14.1. The van der Waals surface area contributed by atoms with Crippen LogP contribution in [-0.4, -0.2) is 58.5 Å². The van der Waals surface area contributed by atoms with E-state index < -0.39 is 5.60 Å². The minimum atomic E-state index is -0.907. The van der Waals surface area contributed by atoms with Gasteiger partial charge in [-0.1, -0.05) is 0 Å². The number of hydrogen-bond acceptors (Lipinski definition) is 7. The molecule has 1 fully saturated rings. The number of aryl methyl sites for hydroxylation is 1. The lowest BCUT2D eigenvalue weighted by Crippen LogP contribution is -2.38. The Morgan fingerprint density at radius 3 is 2.77 bits per heavy atom. The Labute approximate surface area is 206 Å². The van der Waals surface area contributed by atoms with Crippen molar-refractivity contribution in [2.24, 2.45) is 10.9 Å². The zero-order valence-corrected chi connectivity index (χ0v) is 20.9. The summed E-state index contributed by atoms with van der Waals surface area (Å²) in [5, 5.41) is 16.8. The molecule has 1 aromatic heterocycles. The Hall–Kier alpha value is -2.91. The number of amides is 1. The third-order valence-electron chi connectivity index (χ3n) is 6.73. The van der Waals surface area contributed by atoms with Gasteiger partial charge in [0.15, 0.2) is 5.82 Å². The first-order valence-corrected chi connectivity index (χ1v) is 12.3. The van der Waals surface area contributed by atoms with Crippen molar-refractivity contribution in [3.63, 3.8) is 0 Å². The summed E-state index contributed by atoms with van der Waals surface area (Å²) in [7, 11) is 0. The van der Waals surface area contributed by atoms with E-state index in [9.17, 15) is 14.3 Å². The fourth-order valence-corrected chi connectivity index (χ4v) is 4.95. The maximum atomic E-state index is 14.1. The number of aliphatic imine (C=N–C) groups is 1. The quantitative estimate of drug-likeness (QED) is 0.522. The van der Waals surface area contributed by atoms with E-state index in [4.69, 9.17) is 0 Å². The molecule has 2 aliphatic rings. The van der Waals surface area contributed by atoms with Crippen LogP contribution < -0.4 is 15.5 Å². The van der Waals surface area contributed by atoms with Gasteiger partial charge in [-0.05, 0) is 89.7 Å². The van der Waals surface area contributed by atoms with Crippen LogP contribution in [0.15, 0.2) is 29.5 Å². The third-order valence-corrected chi connectivity index (χ3v) is 6.73. The van der Waals surface area contributed by atoms with E-state index in [-0.39, 0.29) is 17.6 Å². The van der Waals surface area contributed by atoms with Crippen LogP contribution in [-0.2, 0) is 4.79 Å². The topological polar surface area (TPSA) is 103 Å². The number of piperidine rings is 1. The van der Waals surface area contributed by atoms with Crippen molar-refractivity contribution in [3.05, 3.63) is 41.6 Å². The molecule has 1 amide bonds. The number of hydrogen-bond donors (Lipinski definition) is 3. The molecular weight excluding hydrogens is 447 g/mol. The molecule has 0 aliphatic carbocycles. The van der Waals surface area contributed by atoms with Gasteiger partial charge in [-0.2, -0.15) is 0 Å². The minimum Gasteiger partial charge on any atom is -0.390 e. The molecule has 0 radical (unpaired) electrons. The summed E-state index contributed by atoms with van der Waals surface area (Å²) in [5.41, 5.74) is 2.24. The molecule has 4 rings (SSSR count). The zero-order valence-electron chi connectivity index (χ0n) is 20.9. The lowest BCUT2D eigenvalue weighted by Gasteiger charge is -2.24. The molecule has 2 aliphatic heterocycles. The summed E-state index contributed by atoms with van der Waals surface area (Å²) in [5.74, 6) is 0.433. The molecule has 188 valence electrons. The molecule has 35 heavy (non-hydrogen) atoms. The fourth-order valence-electron chi connectivity index (χ4n) is 4.95. The summed E-state index contributed by atoms with van der Waals surface area (Å²) in [4.78, 5) is 28.3. The predicted octanol–water partition coefficient (Wildman–Crippen LogP) is 3.53. The van der Waals surface area contributed by atoms with Crippen molar-refractivity contribution >= 4 is 28.8 Å². The number of aliphatic hydroxyl groups is 1. The molecule has 8 nitrogen and oxygen atoms in total. The predicted molar refractivity (Wildman–Crippen MR) is 135 cm³/mol. The summed E-state index contributed by atoms with van der Waals surface area (Å²) >= 11 is 0. The smallest absolute Gasteiger partial charge is 0.265 e. The van der Waals surface area contributed by atoms with Gasteiger partial charge in [-0.15, -0.1) is 0 Å². The van der Waals surface area contributed by atoms with Gasteiger partial charge in [0.1, 0.15) is 23.5 Å². The average Bonchev–Trinajstić information content (AvgIpc) is 3.15. The number of aromatic nitrogens is 2. The Bertz CT molecular complexity index is 1110. The van der Waals surface area contributed by atoms with Crippen LogP contribution in [0.25, 0.3) is 0 Å². The van der Waals surface area contributed by atoms with Gasteiger partial charge < -0.3 is 20.6 Å². The standard InChI is InChI=1S/C26H35FN6O2/c1-16-23(32-17(2)25(34)29-13-18-7-9-28-10-8-18)24(31-15-30-16)33-14-19(12-26(3,4)35)21-11-20(27)5-6-22(21)33/h5-6,11,15,18-19,28,35H,7-10,12-14H2,1-4H3,(H,29,34)/b32-17+. The summed E-state index contributed by atoms with van der Waals surface area (Å²) in [6.45, 7) is 10.1. The van der Waals surface area contributed by atoms with E-state index >= 15 is 0 Å². The zero-order chi connectivity index (χ0) is 25.2. The van der Waals surface area contributed by atoms with Crippen LogP contribution in [0.1, 0.15) is 57.2 Å². The highest BCUT2D eigenvalue weighted by molar-refractivity contribution is 6.38. The number of halogens is 1. The first-order chi connectivity index (χ1) is 16.6. The van der Waals surface area contributed by atoms with E-state index in [1.807, 2.05) is 11.8 Å². The lowest BCUT2D eigenvalue weighted by atomic mass is 9.89. The van der Waals surface area contributed by atoms with Gasteiger partial charge in [0, 0.05) is 24.7 Å². The van der Waals surface area contributed by atoms with Crippen molar-refractivity contribution < 1.29 is 14.3 Å². The van der Waals surface area contributed by atoms with Crippen LogP contribution >= 0.6 is 0 Å². The van der Waals surface area contributed by atoms with Gasteiger partial charge >= 0.3 is 0 Å². The number of nitrogens with one attached hydrogen (secondary N) is 2. The number of benzene rings is 1. The highest BCUT2D eigenvalue weighted by Crippen LogP contribution is 2.46. The molecule has 1 saturated heterocycles. The molecule has 0 bridgehead atoms. The third kappa shape index (κ3) is 6.02. The Kier molecular flexibility index (Phi) is 7.47. The van der Waals surface area contributed by atoms with E-state index in [2.05, 4.69) is 25.6 Å². The van der Waals surface area contributed by atoms with Crippen LogP contribution in [0.3, 0.4) is 0 Å². The average molecular weight is 483 g/mol. The van der Waals surface area contributed by atoms with Crippen LogP contribution in [0.4, 0.5) is 21.6 Å². The molecule has 1 aromatic carbocycles. The molecule has 0 saturated carbocycles. The molecule has 9 heteroatoms. The highest BCUT2D eigenvalue weighted by atomic mass is 19.1. The van der Waals surface area contributed by atoms with Gasteiger partial charge in [0.25, 0.3) is 5.91 Å². The van der Waals surface area contributed by atoms with Crippen molar-refractivity contribution in [2.45, 2.75) is 58.5 Å². The van der Waals surface area contributed by atoms with Crippen molar-refractivity contribution in [3.8, 4) is 0 Å². The second kappa shape index (κ2) is 10.4. The fraction of sp³-hybridized carbons (Fsp3) is 0.538. The number of fused-ring (bicyclic) bond motifs is 1. The van der Waals surface area contributed by atoms with Crippen LogP contribution in [0, 0.1) is 18.7 Å². The maximum Gasteiger partial charge on any atom is 0.265 e. The van der Waals surface area contributed by atoms with Crippen molar-refractivity contribution in [2.75, 3.05) is 31.1 Å². The van der Waals surface area contributed by atoms with Crippen LogP contribution in [0.5, 0.6) is 0 Å². The van der Waals surface area contributed by atoms with E-state index in [0.717, 1.165) is 37.2 Å². The van der Waals surface area contributed by atoms with Crippen molar-refractivity contribution in [1.82, 2.24) is 20.6 Å². The van der Waals surface area contributed by atoms with E-state index in [0.29, 0.717) is 48.3 Å². The Morgan fingerprint density at radius 2 is 2.06 bits per heavy atom. The maximum absolute atomic E-state index is 14.1. The number of carbonyl (C=O) groups is 1. The molecule has 1 unspecified atom stereocenters. The first-order valence-electron chi connectivity index (χ1n) is 12.3. The Balaban J connectivity index is 1.61. The lowest BCUT2D eigenvalue weighted by molar-refractivity contribution is -0.115. The van der Waals surface area contributed by atoms with E-state index in [1.54, 1.807) is 26.8 Å². The second-order valence-corrected chi connectivity index (χ2v) is 10.3. The monoisotopic (exact) mass is 482 g/mol. The van der Waals surface area contributed by atoms with Gasteiger partial charge in [0.2, 0.25) is 0 Å². The molecular formula is C26H35FN6O2. The van der Waals surface area contributed by atoms with Gasteiger partial charge in [-0.3, -0.25) is 4.79 Å². The molecule has 3 heterocycles. The number of anilines is 2. The van der Waals surface area contributed by atoms with Gasteiger partial charge in [0.05, 0.1) is 11.3 Å². The number of nitrogens with zero attached hydrogens (tertiary/aromatic N) is 4. The van der Waals surface area contributed by atoms with Crippen LogP contribution in [0.2, 0.25) is 0 Å². The number of carbonyl (C=O) groups excluding carboxylic acids is 1. The first kappa shape index (κ1) is 25.2. The second-order valence-electron chi connectivity index (χ2n) is 10.3. The summed E-state index contributed by atoms with van der Waals surface area (Å²) in [6.07, 6.45) is 4.05. The van der Waals surface area contributed by atoms with Gasteiger partial charge in [-0.25, -0.2) is 19.4 Å². The SMILES string of the molecule is C/C(=N\c1c(C)ncnc1N1CC(CC(C)(C)O)c2cc(F)ccc21)C(=O)NCC1CCNCC1. The molecule has 1 atom stereocenters. The normalized spacial score (nSPS) is 19.1. The molecule has 0 spiro atoms. The minimum absolute atomic E-state index is 0.0813. The van der Waals surface area contributed by atoms with E-state index in [1.165, 1.54) is 18.5 Å². The molecule has 3 N–H and O–H groups in total. The van der Waals surface area contributed by atoms with Crippen molar-refractivity contribution in [1.29, 1.82) is 0 Å². The Morgan fingerprint density at radius 1 is 1.31 bits per heavy atom. The largest absolute Gasteiger partial charge is 0.390 e. The molecule has 2 aromatic rings. The summed E-state index contributed by atoms with van der Waals surface area (Å²) in [6, 6.07) is 4.69. The highest BCUT2D eigenvalue weighted by Gasteiger charge is 2.35. The number of rotatable bonds is 7.